The van der Waals surface area contributed by atoms with E-state index in [1.807, 2.05) is 37.3 Å². The van der Waals surface area contributed by atoms with Crippen LogP contribution in [0.4, 0.5) is 0 Å². The van der Waals surface area contributed by atoms with Crippen molar-refractivity contribution in [3.8, 4) is 0 Å². The summed E-state index contributed by atoms with van der Waals surface area (Å²) in [7, 11) is 0. The second kappa shape index (κ2) is 4.53. The molecule has 1 saturated heterocycles. The highest BCUT2D eigenvalue weighted by molar-refractivity contribution is 5.13. The average molecular weight is 221 g/mol. The fraction of sp³-hybridized carbons (Fsp3) is 0.538. The molecule has 16 heavy (non-hydrogen) atoms. The van der Waals surface area contributed by atoms with E-state index in [9.17, 15) is 10.3 Å². The zero-order valence-corrected chi connectivity index (χ0v) is 9.67. The summed E-state index contributed by atoms with van der Waals surface area (Å²) in [4.78, 5) is 0. The van der Waals surface area contributed by atoms with E-state index in [4.69, 9.17) is 0 Å². The van der Waals surface area contributed by atoms with Crippen molar-refractivity contribution in [1.29, 1.82) is 0 Å². The molecule has 88 valence electrons. The molecule has 1 aromatic carbocycles. The molecule has 0 aromatic heterocycles. The molecule has 0 radical (unpaired) electrons. The van der Waals surface area contributed by atoms with Gasteiger partial charge in [-0.3, -0.25) is 0 Å². The van der Waals surface area contributed by atoms with Crippen molar-refractivity contribution < 1.29 is 9.75 Å². The number of piperidine rings is 1. The van der Waals surface area contributed by atoms with Gasteiger partial charge in [0.05, 0.1) is 6.04 Å². The standard InChI is InChI=1S/C13H19NO2/c1-11-7-8-13(15)10-14(11,16)9-12-5-3-2-4-6-12/h2-6,11,13,15H,7-10H2,1H3/t11-,13-,14?/m1/s1. The maximum Gasteiger partial charge on any atom is 0.105 e. The number of likely N-dealkylation sites (tertiary alicyclic amines) is 1. The molecule has 0 saturated carbocycles. The first-order valence-electron chi connectivity index (χ1n) is 5.90. The Kier molecular flexibility index (Phi) is 3.28. The molecular weight excluding hydrogens is 202 g/mol. The summed E-state index contributed by atoms with van der Waals surface area (Å²) < 4.78 is -0.287. The van der Waals surface area contributed by atoms with Gasteiger partial charge in [-0.15, -0.1) is 0 Å². The van der Waals surface area contributed by atoms with Gasteiger partial charge in [-0.05, 0) is 13.3 Å². The normalized spacial score (nSPS) is 34.9. The molecule has 2 rings (SSSR count). The Balaban J connectivity index is 2.12. The molecule has 0 bridgehead atoms. The number of benzene rings is 1. The molecule has 1 aliphatic rings. The van der Waals surface area contributed by atoms with E-state index < -0.39 is 6.10 Å². The number of hydroxylamine groups is 3. The predicted molar refractivity (Wildman–Crippen MR) is 63.3 cm³/mol. The Morgan fingerprint density at radius 2 is 2.00 bits per heavy atom. The van der Waals surface area contributed by atoms with Crippen LogP contribution in [0.1, 0.15) is 25.3 Å². The van der Waals surface area contributed by atoms with Crippen LogP contribution in [-0.4, -0.2) is 28.4 Å². The van der Waals surface area contributed by atoms with Gasteiger partial charge in [0.25, 0.3) is 0 Å². The lowest BCUT2D eigenvalue weighted by molar-refractivity contribution is -0.924. The van der Waals surface area contributed by atoms with Crippen LogP contribution in [0, 0.1) is 5.21 Å². The van der Waals surface area contributed by atoms with Crippen LogP contribution in [0.15, 0.2) is 30.3 Å². The molecule has 0 amide bonds. The molecule has 3 atom stereocenters. The lowest BCUT2D eigenvalue weighted by atomic mass is 9.99. The highest BCUT2D eigenvalue weighted by Crippen LogP contribution is 2.27. The number of quaternary nitrogens is 1. The first kappa shape index (κ1) is 11.6. The fourth-order valence-electron chi connectivity index (χ4n) is 2.41. The summed E-state index contributed by atoms with van der Waals surface area (Å²) in [5, 5.41) is 22.2. The van der Waals surface area contributed by atoms with E-state index in [0.717, 1.165) is 18.4 Å². The van der Waals surface area contributed by atoms with Crippen LogP contribution in [0.2, 0.25) is 0 Å². The van der Waals surface area contributed by atoms with Crippen molar-refractivity contribution in [2.24, 2.45) is 0 Å². The van der Waals surface area contributed by atoms with Gasteiger partial charge in [-0.1, -0.05) is 30.3 Å². The van der Waals surface area contributed by atoms with Gasteiger partial charge >= 0.3 is 0 Å². The van der Waals surface area contributed by atoms with Crippen molar-refractivity contribution in [2.75, 3.05) is 6.54 Å². The molecular formula is C13H19NO2. The summed E-state index contributed by atoms with van der Waals surface area (Å²) in [6.45, 7) is 2.79. The highest BCUT2D eigenvalue weighted by Gasteiger charge is 2.33. The summed E-state index contributed by atoms with van der Waals surface area (Å²) in [5.41, 5.74) is 1.05. The minimum absolute atomic E-state index is 0.0867. The monoisotopic (exact) mass is 221 g/mol. The first-order valence-corrected chi connectivity index (χ1v) is 5.90. The summed E-state index contributed by atoms with van der Waals surface area (Å²) in [6.07, 6.45) is 1.15. The molecule has 1 N–H and O–H groups in total. The fourth-order valence-corrected chi connectivity index (χ4v) is 2.41. The molecule has 0 spiro atoms. The average Bonchev–Trinajstić information content (AvgIpc) is 2.25. The maximum absolute atomic E-state index is 12.6. The van der Waals surface area contributed by atoms with Crippen LogP contribution in [0.3, 0.4) is 0 Å². The number of nitrogens with zero attached hydrogens (tertiary/aromatic N) is 1. The number of hydrogen-bond acceptors (Lipinski definition) is 2. The molecule has 1 aromatic rings. The molecule has 1 unspecified atom stereocenters. The largest absolute Gasteiger partial charge is 0.632 e. The Bertz CT molecular complexity index is 341. The Morgan fingerprint density at radius 1 is 1.31 bits per heavy atom. The van der Waals surface area contributed by atoms with E-state index in [0.29, 0.717) is 13.1 Å². The van der Waals surface area contributed by atoms with E-state index in [2.05, 4.69) is 0 Å². The van der Waals surface area contributed by atoms with Crippen molar-refractivity contribution >= 4 is 0 Å². The zero-order chi connectivity index (χ0) is 11.6. The van der Waals surface area contributed by atoms with E-state index in [1.54, 1.807) is 0 Å². The SMILES string of the molecule is C[C@@H]1CC[C@@H](O)C[N+]1([O-])Cc1ccccc1. The minimum Gasteiger partial charge on any atom is -0.632 e. The van der Waals surface area contributed by atoms with Crippen LogP contribution in [0.5, 0.6) is 0 Å². The van der Waals surface area contributed by atoms with Crippen LogP contribution < -0.4 is 0 Å². The number of rotatable bonds is 2. The van der Waals surface area contributed by atoms with Crippen LogP contribution in [-0.2, 0) is 6.54 Å². The van der Waals surface area contributed by atoms with Gasteiger partial charge in [-0.2, -0.15) is 0 Å². The number of aliphatic hydroxyl groups excluding tert-OH is 1. The van der Waals surface area contributed by atoms with Gasteiger partial charge in [0.1, 0.15) is 19.2 Å². The summed E-state index contributed by atoms with van der Waals surface area (Å²) in [5.74, 6) is 0. The second-order valence-corrected chi connectivity index (χ2v) is 4.86. The van der Waals surface area contributed by atoms with E-state index in [1.165, 1.54) is 0 Å². The van der Waals surface area contributed by atoms with Crippen LogP contribution >= 0.6 is 0 Å². The zero-order valence-electron chi connectivity index (χ0n) is 9.67. The molecule has 1 heterocycles. The Morgan fingerprint density at radius 3 is 2.69 bits per heavy atom. The predicted octanol–water partition coefficient (Wildman–Crippen LogP) is 2.04. The van der Waals surface area contributed by atoms with Gasteiger partial charge in [-0.25, -0.2) is 0 Å². The molecule has 3 nitrogen and oxygen atoms in total. The van der Waals surface area contributed by atoms with Crippen LogP contribution in [0.25, 0.3) is 0 Å². The van der Waals surface area contributed by atoms with Gasteiger partial charge in [0, 0.05) is 12.0 Å². The van der Waals surface area contributed by atoms with E-state index >= 15 is 0 Å². The molecule has 1 aliphatic heterocycles. The summed E-state index contributed by atoms with van der Waals surface area (Å²) in [6, 6.07) is 9.90. The highest BCUT2D eigenvalue weighted by atomic mass is 16.5. The Hall–Kier alpha value is -0.900. The smallest absolute Gasteiger partial charge is 0.105 e. The van der Waals surface area contributed by atoms with Crippen molar-refractivity contribution in [3.63, 3.8) is 0 Å². The lowest BCUT2D eigenvalue weighted by Crippen LogP contribution is -2.55. The molecule has 1 fully saturated rings. The van der Waals surface area contributed by atoms with E-state index in [-0.39, 0.29) is 10.7 Å². The third-order valence-corrected chi connectivity index (χ3v) is 3.53. The number of aliphatic hydroxyl groups is 1. The van der Waals surface area contributed by atoms with Crippen molar-refractivity contribution in [3.05, 3.63) is 41.1 Å². The third-order valence-electron chi connectivity index (χ3n) is 3.53. The van der Waals surface area contributed by atoms with Gasteiger partial charge < -0.3 is 15.0 Å². The summed E-state index contributed by atoms with van der Waals surface area (Å²) >= 11 is 0. The quantitative estimate of drug-likeness (QED) is 0.613. The second-order valence-electron chi connectivity index (χ2n) is 4.86. The lowest BCUT2D eigenvalue weighted by Gasteiger charge is -2.51. The van der Waals surface area contributed by atoms with Crippen molar-refractivity contribution in [2.45, 2.75) is 38.5 Å². The third kappa shape index (κ3) is 2.43. The van der Waals surface area contributed by atoms with Gasteiger partial charge in [0.15, 0.2) is 0 Å². The molecule has 0 aliphatic carbocycles. The van der Waals surface area contributed by atoms with Gasteiger partial charge in [0.2, 0.25) is 0 Å². The topological polar surface area (TPSA) is 43.3 Å². The van der Waals surface area contributed by atoms with Crippen molar-refractivity contribution in [1.82, 2.24) is 0 Å². The minimum atomic E-state index is -0.433. The number of hydrogen-bond donors (Lipinski definition) is 1. The Labute approximate surface area is 96.5 Å². The first-order chi connectivity index (χ1) is 7.60. The maximum atomic E-state index is 12.6. The molecule has 3 heteroatoms.